The van der Waals surface area contributed by atoms with E-state index in [1.807, 2.05) is 12.1 Å². The molecule has 0 aliphatic carbocycles. The first-order valence-corrected chi connectivity index (χ1v) is 4.13. The number of amidine groups is 1. The summed E-state index contributed by atoms with van der Waals surface area (Å²) in [6.07, 6.45) is 3.50. The van der Waals surface area contributed by atoms with E-state index in [1.54, 1.807) is 12.4 Å². The molecule has 0 atom stereocenters. The van der Waals surface area contributed by atoms with Crippen molar-refractivity contribution < 1.29 is 0 Å². The Morgan fingerprint density at radius 2 is 2.55 bits per heavy atom. The van der Waals surface area contributed by atoms with E-state index in [2.05, 4.69) is 4.98 Å². The van der Waals surface area contributed by atoms with Crippen LogP contribution in [0, 0.1) is 5.41 Å². The van der Waals surface area contributed by atoms with Gasteiger partial charge in [-0.05, 0) is 11.6 Å². The molecule has 0 saturated carbocycles. The van der Waals surface area contributed by atoms with Gasteiger partial charge in [-0.25, -0.2) is 0 Å². The molecular weight excluding hydrogens is 158 g/mol. The minimum Gasteiger partial charge on any atom is -0.379 e. The van der Waals surface area contributed by atoms with Gasteiger partial charge >= 0.3 is 0 Å². The Bertz CT molecular complexity index is 235. The van der Waals surface area contributed by atoms with Crippen LogP contribution in [-0.4, -0.2) is 10.2 Å². The smallest absolute Gasteiger partial charge is 0.151 e. The van der Waals surface area contributed by atoms with Gasteiger partial charge in [0, 0.05) is 18.1 Å². The standard InChI is InChI=1S/C7H9N3S/c8-7(9)11-5-6-2-1-3-10-4-6/h1-4H,5H2,(H3,8,9). The molecule has 11 heavy (non-hydrogen) atoms. The Kier molecular flexibility index (Phi) is 2.92. The van der Waals surface area contributed by atoms with E-state index >= 15 is 0 Å². The van der Waals surface area contributed by atoms with Crippen LogP contribution in [0.3, 0.4) is 0 Å². The number of nitrogens with one attached hydrogen (secondary N) is 1. The van der Waals surface area contributed by atoms with Gasteiger partial charge in [-0.1, -0.05) is 17.8 Å². The lowest BCUT2D eigenvalue weighted by molar-refractivity contribution is 1.25. The van der Waals surface area contributed by atoms with Crippen LogP contribution >= 0.6 is 11.8 Å². The van der Waals surface area contributed by atoms with Crippen LogP contribution in [-0.2, 0) is 5.75 Å². The quantitative estimate of drug-likeness (QED) is 0.514. The Morgan fingerprint density at radius 1 is 1.73 bits per heavy atom. The highest BCUT2D eigenvalue weighted by Gasteiger charge is 1.93. The summed E-state index contributed by atoms with van der Waals surface area (Å²) in [5, 5.41) is 7.11. The van der Waals surface area contributed by atoms with Crippen LogP contribution < -0.4 is 5.73 Å². The molecule has 0 amide bonds. The molecule has 4 heteroatoms. The number of hydrogen-bond donors (Lipinski definition) is 2. The minimum absolute atomic E-state index is 0.147. The first-order valence-electron chi connectivity index (χ1n) is 3.15. The number of aromatic nitrogens is 1. The van der Waals surface area contributed by atoms with Gasteiger partial charge in [0.05, 0.1) is 0 Å². The molecule has 58 valence electrons. The molecule has 0 radical (unpaired) electrons. The average molecular weight is 167 g/mol. The number of thioether (sulfide) groups is 1. The van der Waals surface area contributed by atoms with Crippen LogP contribution in [0.15, 0.2) is 24.5 Å². The van der Waals surface area contributed by atoms with Crippen molar-refractivity contribution in [2.45, 2.75) is 5.75 Å². The zero-order chi connectivity index (χ0) is 8.10. The Labute approximate surface area is 69.5 Å². The van der Waals surface area contributed by atoms with E-state index in [9.17, 15) is 0 Å². The van der Waals surface area contributed by atoms with Gasteiger partial charge < -0.3 is 5.73 Å². The summed E-state index contributed by atoms with van der Waals surface area (Å²) >= 11 is 1.31. The fourth-order valence-corrected chi connectivity index (χ4v) is 1.14. The number of pyridine rings is 1. The van der Waals surface area contributed by atoms with Crippen molar-refractivity contribution in [1.29, 1.82) is 5.41 Å². The largest absolute Gasteiger partial charge is 0.379 e. The molecule has 0 bridgehead atoms. The molecule has 0 spiro atoms. The second-order valence-electron chi connectivity index (χ2n) is 2.01. The lowest BCUT2D eigenvalue weighted by Gasteiger charge is -1.96. The fraction of sp³-hybridized carbons (Fsp3) is 0.143. The third kappa shape index (κ3) is 3.04. The van der Waals surface area contributed by atoms with E-state index in [-0.39, 0.29) is 5.17 Å². The lowest BCUT2D eigenvalue weighted by atomic mass is 10.3. The third-order valence-electron chi connectivity index (χ3n) is 1.12. The topological polar surface area (TPSA) is 62.8 Å². The van der Waals surface area contributed by atoms with Gasteiger partial charge in [0.25, 0.3) is 0 Å². The Morgan fingerprint density at radius 3 is 3.09 bits per heavy atom. The molecular formula is C7H9N3S. The van der Waals surface area contributed by atoms with E-state index in [0.717, 1.165) is 11.3 Å². The average Bonchev–Trinajstić information content (AvgIpc) is 2.03. The summed E-state index contributed by atoms with van der Waals surface area (Å²) in [5.74, 6) is 0.725. The van der Waals surface area contributed by atoms with Gasteiger partial charge in [0.2, 0.25) is 0 Å². The fourth-order valence-electron chi connectivity index (χ4n) is 0.645. The molecule has 3 N–H and O–H groups in total. The van der Waals surface area contributed by atoms with Gasteiger partial charge in [0.15, 0.2) is 5.17 Å². The molecule has 0 aromatic carbocycles. The normalized spacial score (nSPS) is 9.45. The highest BCUT2D eigenvalue weighted by atomic mass is 32.2. The van der Waals surface area contributed by atoms with Crippen LogP contribution in [0.4, 0.5) is 0 Å². The van der Waals surface area contributed by atoms with Crippen molar-refractivity contribution in [3.8, 4) is 0 Å². The van der Waals surface area contributed by atoms with Crippen molar-refractivity contribution in [3.05, 3.63) is 30.1 Å². The Hall–Kier alpha value is -1.03. The van der Waals surface area contributed by atoms with Gasteiger partial charge in [-0.15, -0.1) is 0 Å². The molecule has 0 saturated heterocycles. The summed E-state index contributed by atoms with van der Waals surface area (Å²) in [5.41, 5.74) is 6.26. The molecule has 1 rings (SSSR count). The zero-order valence-electron chi connectivity index (χ0n) is 5.95. The number of nitrogens with zero attached hydrogens (tertiary/aromatic N) is 1. The first kappa shape index (κ1) is 8.07. The Balaban J connectivity index is 2.45. The maximum absolute atomic E-state index is 6.96. The van der Waals surface area contributed by atoms with E-state index in [0.29, 0.717) is 0 Å². The van der Waals surface area contributed by atoms with Gasteiger partial charge in [-0.2, -0.15) is 0 Å². The highest BCUT2D eigenvalue weighted by Crippen LogP contribution is 2.08. The SMILES string of the molecule is N=C(N)SCc1cccnc1. The van der Waals surface area contributed by atoms with Gasteiger partial charge in [-0.3, -0.25) is 10.4 Å². The molecule has 0 fully saturated rings. The monoisotopic (exact) mass is 167 g/mol. The van der Waals surface area contributed by atoms with E-state index < -0.39 is 0 Å². The number of rotatable bonds is 2. The maximum atomic E-state index is 6.96. The summed E-state index contributed by atoms with van der Waals surface area (Å²) in [7, 11) is 0. The summed E-state index contributed by atoms with van der Waals surface area (Å²) in [6.45, 7) is 0. The number of nitrogens with two attached hydrogens (primary N) is 1. The van der Waals surface area contributed by atoms with E-state index in [1.165, 1.54) is 11.8 Å². The summed E-state index contributed by atoms with van der Waals surface area (Å²) < 4.78 is 0. The molecule has 0 unspecified atom stereocenters. The molecule has 0 aliphatic heterocycles. The second kappa shape index (κ2) is 3.98. The molecule has 3 nitrogen and oxygen atoms in total. The van der Waals surface area contributed by atoms with Crippen LogP contribution in [0.1, 0.15) is 5.56 Å². The van der Waals surface area contributed by atoms with Crippen molar-refractivity contribution in [3.63, 3.8) is 0 Å². The third-order valence-corrected chi connectivity index (χ3v) is 1.91. The highest BCUT2D eigenvalue weighted by molar-refractivity contribution is 8.13. The van der Waals surface area contributed by atoms with Crippen molar-refractivity contribution >= 4 is 16.9 Å². The maximum Gasteiger partial charge on any atom is 0.151 e. The summed E-state index contributed by atoms with van der Waals surface area (Å²) in [6, 6.07) is 3.83. The van der Waals surface area contributed by atoms with Crippen molar-refractivity contribution in [2.24, 2.45) is 5.73 Å². The minimum atomic E-state index is 0.147. The second-order valence-corrected chi connectivity index (χ2v) is 3.03. The first-order chi connectivity index (χ1) is 5.29. The molecule has 1 aromatic heterocycles. The number of hydrogen-bond acceptors (Lipinski definition) is 3. The van der Waals surface area contributed by atoms with Crippen LogP contribution in [0.25, 0.3) is 0 Å². The van der Waals surface area contributed by atoms with Crippen LogP contribution in [0.2, 0.25) is 0 Å². The van der Waals surface area contributed by atoms with Crippen molar-refractivity contribution in [2.75, 3.05) is 0 Å². The predicted octanol–water partition coefficient (Wildman–Crippen LogP) is 1.21. The van der Waals surface area contributed by atoms with Gasteiger partial charge in [0.1, 0.15) is 0 Å². The zero-order valence-corrected chi connectivity index (χ0v) is 6.77. The van der Waals surface area contributed by atoms with E-state index in [4.69, 9.17) is 11.1 Å². The van der Waals surface area contributed by atoms with Crippen LogP contribution in [0.5, 0.6) is 0 Å². The molecule has 1 heterocycles. The van der Waals surface area contributed by atoms with Crippen molar-refractivity contribution in [1.82, 2.24) is 4.98 Å². The molecule has 0 aliphatic rings. The summed E-state index contributed by atoms with van der Waals surface area (Å²) in [4.78, 5) is 3.94. The predicted molar refractivity (Wildman–Crippen MR) is 47.4 cm³/mol. The lowest BCUT2D eigenvalue weighted by Crippen LogP contribution is -2.03. The molecule has 1 aromatic rings.